The van der Waals surface area contributed by atoms with Gasteiger partial charge in [0.05, 0.1) is 6.54 Å². The molecule has 132 valence electrons. The second kappa shape index (κ2) is 8.85. The van der Waals surface area contributed by atoms with E-state index in [4.69, 9.17) is 9.73 Å². The van der Waals surface area contributed by atoms with E-state index < -0.39 is 0 Å². The molecule has 3 aliphatic heterocycles. The van der Waals surface area contributed by atoms with Crippen LogP contribution in [-0.4, -0.2) is 87.4 Å². The highest BCUT2D eigenvalue weighted by Gasteiger charge is 2.31. The Bertz CT molecular complexity index is 377. The highest BCUT2D eigenvalue weighted by atomic mass is 16.5. The SMILES string of the molecule is CCNC(=NCC1CN2CCN1CC2)NCCCOCC1CC1. The molecule has 0 aromatic carbocycles. The molecular weight excluding hydrogens is 290 g/mol. The van der Waals surface area contributed by atoms with Crippen LogP contribution in [0.2, 0.25) is 0 Å². The Labute approximate surface area is 140 Å². The van der Waals surface area contributed by atoms with E-state index in [9.17, 15) is 0 Å². The zero-order valence-electron chi connectivity index (χ0n) is 14.6. The fraction of sp³-hybridized carbons (Fsp3) is 0.941. The molecule has 2 bridgehead atoms. The number of hydrogen-bond donors (Lipinski definition) is 2. The Hall–Kier alpha value is -0.850. The van der Waals surface area contributed by atoms with Crippen LogP contribution >= 0.6 is 0 Å². The van der Waals surface area contributed by atoms with Crippen molar-refractivity contribution >= 4 is 5.96 Å². The summed E-state index contributed by atoms with van der Waals surface area (Å²) in [6, 6.07) is 0.592. The van der Waals surface area contributed by atoms with Crippen molar-refractivity contribution in [3.63, 3.8) is 0 Å². The minimum atomic E-state index is 0.592. The maximum atomic E-state index is 5.68. The molecule has 2 N–H and O–H groups in total. The van der Waals surface area contributed by atoms with Gasteiger partial charge in [-0.2, -0.15) is 0 Å². The van der Waals surface area contributed by atoms with E-state index in [1.807, 2.05) is 0 Å². The van der Waals surface area contributed by atoms with Crippen molar-refractivity contribution in [2.75, 3.05) is 65.6 Å². The average molecular weight is 323 g/mol. The number of ether oxygens (including phenoxy) is 1. The fourth-order valence-electron chi connectivity index (χ4n) is 3.35. The monoisotopic (exact) mass is 323 g/mol. The van der Waals surface area contributed by atoms with Gasteiger partial charge in [0, 0.05) is 65.1 Å². The number of nitrogens with one attached hydrogen (secondary N) is 2. The Morgan fingerprint density at radius 3 is 2.65 bits per heavy atom. The first-order valence-corrected chi connectivity index (χ1v) is 9.41. The van der Waals surface area contributed by atoms with Crippen LogP contribution in [0.4, 0.5) is 0 Å². The molecule has 0 radical (unpaired) electrons. The summed E-state index contributed by atoms with van der Waals surface area (Å²) in [5, 5.41) is 6.79. The smallest absolute Gasteiger partial charge is 0.191 e. The standard InChI is InChI=1S/C17H33N5O/c1-2-18-17(19-6-3-11-23-14-15-4-5-15)20-12-16-13-21-7-9-22(16)10-8-21/h15-16H,2-14H2,1H3,(H2,18,19,20). The predicted octanol–water partition coefficient (Wildman–Crippen LogP) is 0.358. The number of rotatable bonds is 9. The summed E-state index contributed by atoms with van der Waals surface area (Å²) in [5.41, 5.74) is 0. The second-order valence-electron chi connectivity index (χ2n) is 7.01. The lowest BCUT2D eigenvalue weighted by Gasteiger charge is -2.47. The molecule has 1 unspecified atom stereocenters. The highest BCUT2D eigenvalue weighted by Crippen LogP contribution is 2.28. The summed E-state index contributed by atoms with van der Waals surface area (Å²) in [6.07, 6.45) is 3.77. The van der Waals surface area contributed by atoms with Gasteiger partial charge in [0.1, 0.15) is 0 Å². The van der Waals surface area contributed by atoms with Crippen molar-refractivity contribution in [2.24, 2.45) is 10.9 Å². The summed E-state index contributed by atoms with van der Waals surface area (Å²) in [7, 11) is 0. The zero-order chi connectivity index (χ0) is 15.9. The third kappa shape index (κ3) is 5.62. The quantitative estimate of drug-likeness (QED) is 0.364. The lowest BCUT2D eigenvalue weighted by molar-refractivity contribution is 0.0174. The van der Waals surface area contributed by atoms with E-state index in [2.05, 4.69) is 27.4 Å². The Kier molecular flexibility index (Phi) is 6.54. The number of fused-ring (bicyclic) bond motifs is 3. The van der Waals surface area contributed by atoms with Gasteiger partial charge >= 0.3 is 0 Å². The van der Waals surface area contributed by atoms with Crippen LogP contribution in [0, 0.1) is 5.92 Å². The van der Waals surface area contributed by atoms with Crippen LogP contribution in [0.5, 0.6) is 0 Å². The molecule has 1 atom stereocenters. The first kappa shape index (κ1) is 17.0. The molecule has 4 rings (SSSR count). The summed E-state index contributed by atoms with van der Waals surface area (Å²) in [6.45, 7) is 12.7. The minimum Gasteiger partial charge on any atom is -0.381 e. The molecular formula is C17H33N5O. The maximum Gasteiger partial charge on any atom is 0.191 e. The molecule has 6 nitrogen and oxygen atoms in total. The van der Waals surface area contributed by atoms with Gasteiger partial charge in [-0.15, -0.1) is 0 Å². The van der Waals surface area contributed by atoms with Gasteiger partial charge in [-0.1, -0.05) is 0 Å². The normalized spacial score (nSPS) is 30.5. The summed E-state index contributed by atoms with van der Waals surface area (Å²) in [5.74, 6) is 1.81. The molecule has 0 amide bonds. The first-order chi connectivity index (χ1) is 11.3. The summed E-state index contributed by atoms with van der Waals surface area (Å²) in [4.78, 5) is 9.96. The highest BCUT2D eigenvalue weighted by molar-refractivity contribution is 5.79. The van der Waals surface area contributed by atoms with Crippen molar-refractivity contribution < 1.29 is 4.74 Å². The van der Waals surface area contributed by atoms with Gasteiger partial charge in [0.15, 0.2) is 5.96 Å². The molecule has 0 aromatic heterocycles. The molecule has 23 heavy (non-hydrogen) atoms. The van der Waals surface area contributed by atoms with Crippen LogP contribution in [-0.2, 0) is 4.74 Å². The topological polar surface area (TPSA) is 52.1 Å². The van der Waals surface area contributed by atoms with Gasteiger partial charge in [-0.05, 0) is 32.1 Å². The molecule has 6 heteroatoms. The molecule has 1 saturated carbocycles. The lowest BCUT2D eigenvalue weighted by Crippen LogP contribution is -2.62. The van der Waals surface area contributed by atoms with Gasteiger partial charge in [-0.25, -0.2) is 0 Å². The third-order valence-electron chi connectivity index (χ3n) is 5.00. The predicted molar refractivity (Wildman–Crippen MR) is 93.9 cm³/mol. The minimum absolute atomic E-state index is 0.592. The van der Waals surface area contributed by atoms with E-state index in [1.54, 1.807) is 0 Å². The van der Waals surface area contributed by atoms with Crippen molar-refractivity contribution in [1.29, 1.82) is 0 Å². The van der Waals surface area contributed by atoms with Gasteiger partial charge in [0.2, 0.25) is 0 Å². The van der Waals surface area contributed by atoms with Crippen LogP contribution in [0.25, 0.3) is 0 Å². The van der Waals surface area contributed by atoms with Gasteiger partial charge in [-0.3, -0.25) is 14.8 Å². The number of hydrogen-bond acceptors (Lipinski definition) is 4. The van der Waals surface area contributed by atoms with Gasteiger partial charge < -0.3 is 15.4 Å². The van der Waals surface area contributed by atoms with Crippen LogP contribution in [0.15, 0.2) is 4.99 Å². The molecule has 1 aliphatic carbocycles. The second-order valence-corrected chi connectivity index (χ2v) is 7.01. The molecule has 4 fully saturated rings. The van der Waals surface area contributed by atoms with E-state index in [0.717, 1.165) is 51.1 Å². The number of piperazine rings is 3. The van der Waals surface area contributed by atoms with E-state index >= 15 is 0 Å². The van der Waals surface area contributed by atoms with Crippen molar-refractivity contribution in [3.05, 3.63) is 0 Å². The molecule has 4 aliphatic rings. The van der Waals surface area contributed by atoms with Crippen molar-refractivity contribution in [1.82, 2.24) is 20.4 Å². The molecule has 0 aromatic rings. The van der Waals surface area contributed by atoms with Crippen LogP contribution in [0.1, 0.15) is 26.2 Å². The van der Waals surface area contributed by atoms with Crippen molar-refractivity contribution in [2.45, 2.75) is 32.2 Å². The number of aliphatic imine (C=N–C) groups is 1. The largest absolute Gasteiger partial charge is 0.381 e. The molecule has 3 heterocycles. The van der Waals surface area contributed by atoms with E-state index in [1.165, 1.54) is 45.6 Å². The average Bonchev–Trinajstić information content (AvgIpc) is 3.41. The number of nitrogens with zero attached hydrogens (tertiary/aromatic N) is 3. The Balaban J connectivity index is 1.33. The lowest BCUT2D eigenvalue weighted by atomic mass is 10.1. The van der Waals surface area contributed by atoms with Crippen LogP contribution in [0.3, 0.4) is 0 Å². The van der Waals surface area contributed by atoms with Crippen LogP contribution < -0.4 is 10.6 Å². The van der Waals surface area contributed by atoms with Gasteiger partial charge in [0.25, 0.3) is 0 Å². The van der Waals surface area contributed by atoms with Crippen molar-refractivity contribution in [3.8, 4) is 0 Å². The Morgan fingerprint density at radius 2 is 2.00 bits per heavy atom. The maximum absolute atomic E-state index is 5.68. The molecule has 3 saturated heterocycles. The zero-order valence-corrected chi connectivity index (χ0v) is 14.6. The third-order valence-corrected chi connectivity index (χ3v) is 5.00. The fourth-order valence-corrected chi connectivity index (χ4v) is 3.35. The molecule has 0 spiro atoms. The Morgan fingerprint density at radius 1 is 1.17 bits per heavy atom. The summed E-state index contributed by atoms with van der Waals surface area (Å²) >= 11 is 0. The van der Waals surface area contributed by atoms with E-state index in [-0.39, 0.29) is 0 Å². The first-order valence-electron chi connectivity index (χ1n) is 9.41. The summed E-state index contributed by atoms with van der Waals surface area (Å²) < 4.78 is 5.68. The number of guanidine groups is 1. The van der Waals surface area contributed by atoms with E-state index in [0.29, 0.717) is 6.04 Å².